The van der Waals surface area contributed by atoms with E-state index in [0.29, 0.717) is 0 Å². The van der Waals surface area contributed by atoms with Crippen molar-refractivity contribution >= 4 is 12.0 Å². The maximum absolute atomic E-state index is 4.51. The zero-order valence-electron chi connectivity index (χ0n) is 15.0. The van der Waals surface area contributed by atoms with Crippen LogP contribution in [0.5, 0.6) is 0 Å². The van der Waals surface area contributed by atoms with Gasteiger partial charge in [0.15, 0.2) is 0 Å². The Morgan fingerprint density at radius 3 is 2.52 bits per heavy atom. The van der Waals surface area contributed by atoms with Gasteiger partial charge in [0.25, 0.3) is 0 Å². The van der Waals surface area contributed by atoms with Gasteiger partial charge >= 0.3 is 0 Å². The van der Waals surface area contributed by atoms with E-state index in [1.165, 1.54) is 57.1 Å². The quantitative estimate of drug-likeness (QED) is 0.503. The second-order valence-electron chi connectivity index (χ2n) is 6.86. The topological polar surface area (TPSA) is 18.8 Å². The molecule has 1 atom stereocenters. The summed E-state index contributed by atoms with van der Waals surface area (Å²) in [5.41, 5.74) is 1.22. The Hall–Kier alpha value is -1.51. The lowest BCUT2D eigenvalue weighted by Gasteiger charge is -2.18. The molecule has 128 valence electrons. The molecule has 0 spiro atoms. The van der Waals surface area contributed by atoms with Gasteiger partial charge in [-0.3, -0.25) is 5.01 Å². The highest BCUT2D eigenvalue weighted by atomic mass is 15.6. The van der Waals surface area contributed by atoms with Crippen LogP contribution in [0.4, 0.5) is 5.69 Å². The Morgan fingerprint density at radius 2 is 1.74 bits per heavy atom. The average Bonchev–Trinajstić information content (AvgIpc) is 3.04. The molecule has 2 rings (SSSR count). The van der Waals surface area contributed by atoms with Gasteiger partial charge in [-0.15, -0.1) is 0 Å². The van der Waals surface area contributed by atoms with E-state index in [1.54, 1.807) is 0 Å². The summed E-state index contributed by atoms with van der Waals surface area (Å²) in [6, 6.07) is 10.5. The third kappa shape index (κ3) is 6.64. The minimum absolute atomic E-state index is 0.887. The third-order valence-electron chi connectivity index (χ3n) is 4.65. The highest BCUT2D eigenvalue weighted by molar-refractivity contribution is 5.80. The van der Waals surface area contributed by atoms with Crippen molar-refractivity contribution in [3.63, 3.8) is 0 Å². The van der Waals surface area contributed by atoms with Gasteiger partial charge in [-0.05, 0) is 24.5 Å². The van der Waals surface area contributed by atoms with E-state index in [0.717, 1.165) is 19.1 Å². The molecule has 3 heteroatoms. The smallest absolute Gasteiger partial charge is 0.117 e. The van der Waals surface area contributed by atoms with Crippen LogP contribution in [0, 0.1) is 5.92 Å². The fraction of sp³-hybridized carbons (Fsp3) is 0.650. The van der Waals surface area contributed by atoms with Crippen molar-refractivity contribution in [3.05, 3.63) is 30.3 Å². The van der Waals surface area contributed by atoms with E-state index in [1.807, 2.05) is 6.34 Å². The summed E-state index contributed by atoms with van der Waals surface area (Å²) >= 11 is 0. The molecule has 23 heavy (non-hydrogen) atoms. The average molecular weight is 316 g/mol. The molecule has 1 aliphatic rings. The van der Waals surface area contributed by atoms with Crippen molar-refractivity contribution in [1.82, 2.24) is 5.01 Å². The Balaban J connectivity index is 1.49. The second-order valence-corrected chi connectivity index (χ2v) is 6.86. The number of rotatable bonds is 11. The van der Waals surface area contributed by atoms with Gasteiger partial charge in [-0.1, -0.05) is 77.0 Å². The van der Waals surface area contributed by atoms with Crippen LogP contribution >= 0.6 is 0 Å². The summed E-state index contributed by atoms with van der Waals surface area (Å²) in [5, 5.41) is 6.68. The summed E-state index contributed by atoms with van der Waals surface area (Å²) in [6.45, 7) is 6.65. The standard InChI is InChI=1S/C20H33N3/c1-3-12-19(2)13-8-5-4-6-11-16-23-18-22(17-21-23)20-14-9-7-10-15-20/h7,9-10,14-15,17,19H,3-6,8,11-13,16,18H2,1-2H3. The molecule has 1 heterocycles. The number of anilines is 1. The Bertz CT molecular complexity index is 443. The monoisotopic (exact) mass is 315 g/mol. The van der Waals surface area contributed by atoms with Crippen LogP contribution in [0.1, 0.15) is 65.2 Å². The maximum atomic E-state index is 4.51. The van der Waals surface area contributed by atoms with Crippen molar-refractivity contribution in [2.75, 3.05) is 18.1 Å². The second kappa shape index (κ2) is 10.3. The first-order valence-electron chi connectivity index (χ1n) is 9.40. The molecule has 0 fully saturated rings. The summed E-state index contributed by atoms with van der Waals surface area (Å²) in [6.07, 6.45) is 12.9. The lowest BCUT2D eigenvalue weighted by atomic mass is 9.98. The molecule has 0 aliphatic carbocycles. The molecule has 0 amide bonds. The summed E-state index contributed by atoms with van der Waals surface area (Å²) < 4.78 is 0. The number of nitrogens with zero attached hydrogens (tertiary/aromatic N) is 3. The molecule has 0 aromatic heterocycles. The zero-order valence-corrected chi connectivity index (χ0v) is 15.0. The van der Waals surface area contributed by atoms with E-state index in [2.05, 4.69) is 59.2 Å². The lowest BCUT2D eigenvalue weighted by molar-refractivity contribution is 0.308. The predicted octanol–water partition coefficient (Wildman–Crippen LogP) is 5.49. The van der Waals surface area contributed by atoms with Crippen molar-refractivity contribution in [1.29, 1.82) is 0 Å². The Morgan fingerprint density at radius 1 is 1.00 bits per heavy atom. The van der Waals surface area contributed by atoms with E-state index in [9.17, 15) is 0 Å². The number of hydrogen-bond acceptors (Lipinski definition) is 3. The van der Waals surface area contributed by atoms with Crippen LogP contribution in [-0.4, -0.2) is 24.6 Å². The summed E-state index contributed by atoms with van der Waals surface area (Å²) in [4.78, 5) is 2.20. The molecule has 0 N–H and O–H groups in total. The van der Waals surface area contributed by atoms with Gasteiger partial charge in [0, 0.05) is 12.2 Å². The van der Waals surface area contributed by atoms with Crippen LogP contribution in [0.3, 0.4) is 0 Å². The Kier molecular flexibility index (Phi) is 7.99. The van der Waals surface area contributed by atoms with Gasteiger partial charge in [0.2, 0.25) is 0 Å². The van der Waals surface area contributed by atoms with E-state index in [-0.39, 0.29) is 0 Å². The number of unbranched alkanes of at least 4 members (excludes halogenated alkanes) is 4. The van der Waals surface area contributed by atoms with E-state index >= 15 is 0 Å². The normalized spacial score (nSPS) is 15.4. The van der Waals surface area contributed by atoms with E-state index in [4.69, 9.17) is 0 Å². The minimum atomic E-state index is 0.887. The molecular weight excluding hydrogens is 282 g/mol. The molecule has 0 bridgehead atoms. The lowest BCUT2D eigenvalue weighted by Crippen LogP contribution is -2.26. The number of hydrazone groups is 1. The molecule has 1 aromatic rings. The summed E-state index contributed by atoms with van der Waals surface area (Å²) in [5.74, 6) is 0.919. The maximum Gasteiger partial charge on any atom is 0.117 e. The Labute approximate surface area is 142 Å². The molecule has 0 radical (unpaired) electrons. The molecule has 1 aromatic carbocycles. The van der Waals surface area contributed by atoms with Gasteiger partial charge < -0.3 is 4.90 Å². The van der Waals surface area contributed by atoms with Crippen molar-refractivity contribution < 1.29 is 0 Å². The highest BCUT2D eigenvalue weighted by Crippen LogP contribution is 2.17. The highest BCUT2D eigenvalue weighted by Gasteiger charge is 2.14. The number of hydrogen-bond donors (Lipinski definition) is 0. The van der Waals surface area contributed by atoms with E-state index < -0.39 is 0 Å². The predicted molar refractivity (Wildman–Crippen MR) is 101 cm³/mol. The fourth-order valence-corrected chi connectivity index (χ4v) is 3.24. The first-order chi connectivity index (χ1) is 11.3. The van der Waals surface area contributed by atoms with Crippen LogP contribution in [0.2, 0.25) is 0 Å². The molecular formula is C20H33N3. The zero-order chi connectivity index (χ0) is 16.3. The van der Waals surface area contributed by atoms with Crippen LogP contribution < -0.4 is 4.90 Å². The van der Waals surface area contributed by atoms with Crippen LogP contribution in [0.15, 0.2) is 35.4 Å². The molecule has 1 unspecified atom stereocenters. The first-order valence-corrected chi connectivity index (χ1v) is 9.40. The van der Waals surface area contributed by atoms with Crippen LogP contribution in [-0.2, 0) is 0 Å². The molecule has 3 nitrogen and oxygen atoms in total. The largest absolute Gasteiger partial charge is 0.311 e. The van der Waals surface area contributed by atoms with Gasteiger partial charge in [0.1, 0.15) is 13.0 Å². The van der Waals surface area contributed by atoms with Crippen molar-refractivity contribution in [3.8, 4) is 0 Å². The number of para-hydroxylation sites is 1. The van der Waals surface area contributed by atoms with Crippen molar-refractivity contribution in [2.24, 2.45) is 11.0 Å². The van der Waals surface area contributed by atoms with Gasteiger partial charge in [-0.25, -0.2) is 0 Å². The number of benzene rings is 1. The van der Waals surface area contributed by atoms with Gasteiger partial charge in [0.05, 0.1) is 0 Å². The fourth-order valence-electron chi connectivity index (χ4n) is 3.24. The van der Waals surface area contributed by atoms with Crippen molar-refractivity contribution in [2.45, 2.75) is 65.2 Å². The third-order valence-corrected chi connectivity index (χ3v) is 4.65. The molecule has 0 saturated heterocycles. The first kappa shape index (κ1) is 17.8. The molecule has 0 saturated carbocycles. The SMILES string of the molecule is CCCC(C)CCCCCCCN1CN(c2ccccc2)C=N1. The summed E-state index contributed by atoms with van der Waals surface area (Å²) in [7, 11) is 0. The van der Waals surface area contributed by atoms with Crippen LogP contribution in [0.25, 0.3) is 0 Å². The molecule has 1 aliphatic heterocycles. The minimum Gasteiger partial charge on any atom is -0.311 e. The van der Waals surface area contributed by atoms with Gasteiger partial charge in [-0.2, -0.15) is 5.10 Å².